The molecule has 10 nitrogen and oxygen atoms in total. The maximum Gasteiger partial charge on any atom is 0.258 e. The van der Waals surface area contributed by atoms with Crippen LogP contribution in [0.15, 0.2) is 36.5 Å². The van der Waals surface area contributed by atoms with E-state index in [-0.39, 0.29) is 5.91 Å². The van der Waals surface area contributed by atoms with Gasteiger partial charge in [-0.1, -0.05) is 0 Å². The number of carbonyl (C=O) groups excluding carboxylic acids is 1. The minimum Gasteiger partial charge on any atom is -0.477 e. The molecule has 2 N–H and O–H groups in total. The number of fused-ring (bicyclic) bond motifs is 7. The molecule has 220 valence electrons. The summed E-state index contributed by atoms with van der Waals surface area (Å²) in [7, 11) is 4.07. The molecule has 1 amide bonds. The molecule has 42 heavy (non-hydrogen) atoms. The summed E-state index contributed by atoms with van der Waals surface area (Å²) in [6.45, 7) is 5.54. The number of hydrogen-bond donors (Lipinski definition) is 2. The van der Waals surface area contributed by atoms with Crippen molar-refractivity contribution in [2.24, 2.45) is 18.9 Å². The summed E-state index contributed by atoms with van der Waals surface area (Å²) in [5.74, 6) is 2.25. The third-order valence-electron chi connectivity index (χ3n) is 9.10. The van der Waals surface area contributed by atoms with E-state index < -0.39 is 0 Å². The molecule has 2 aliphatic heterocycles. The second-order valence-corrected chi connectivity index (χ2v) is 12.4. The van der Waals surface area contributed by atoms with Crippen LogP contribution in [0.25, 0.3) is 22.3 Å². The Morgan fingerprint density at radius 2 is 1.83 bits per heavy atom. The van der Waals surface area contributed by atoms with Crippen LogP contribution < -0.4 is 15.4 Å². The van der Waals surface area contributed by atoms with Crippen LogP contribution in [0.3, 0.4) is 0 Å². The fourth-order valence-corrected chi connectivity index (χ4v) is 6.56. The van der Waals surface area contributed by atoms with E-state index in [0.29, 0.717) is 47.6 Å². The number of hydrogen-bond acceptors (Lipinski definition) is 7. The number of aromatic nitrogens is 5. The zero-order valence-electron chi connectivity index (χ0n) is 24.8. The third kappa shape index (κ3) is 5.47. The number of nitrogens with one attached hydrogen (secondary N) is 2. The molecule has 2 bridgehead atoms. The van der Waals surface area contributed by atoms with E-state index in [1.165, 1.54) is 12.8 Å². The normalized spacial score (nSPS) is 20.6. The Morgan fingerprint density at radius 1 is 1.00 bits per heavy atom. The highest BCUT2D eigenvalue weighted by Crippen LogP contribution is 2.41. The molecular weight excluding hydrogens is 528 g/mol. The van der Waals surface area contributed by atoms with E-state index in [4.69, 9.17) is 14.7 Å². The van der Waals surface area contributed by atoms with Crippen molar-refractivity contribution < 1.29 is 9.53 Å². The lowest BCUT2D eigenvalue weighted by molar-refractivity contribution is 0.102. The highest BCUT2D eigenvalue weighted by Gasteiger charge is 2.32. The van der Waals surface area contributed by atoms with Gasteiger partial charge in [0.25, 0.3) is 5.91 Å². The number of aryl methyl sites for hydroxylation is 2. The number of ether oxygens (including phenoxy) is 1. The molecule has 5 heterocycles. The first-order valence-corrected chi connectivity index (χ1v) is 15.3. The molecule has 1 aromatic carbocycles. The van der Waals surface area contributed by atoms with Gasteiger partial charge in [-0.05, 0) is 108 Å². The summed E-state index contributed by atoms with van der Waals surface area (Å²) >= 11 is 0. The smallest absolute Gasteiger partial charge is 0.258 e. The van der Waals surface area contributed by atoms with E-state index in [1.807, 2.05) is 26.1 Å². The number of benzene rings is 1. The molecule has 1 aliphatic carbocycles. The van der Waals surface area contributed by atoms with Crippen LogP contribution in [0.1, 0.15) is 54.6 Å². The first-order valence-electron chi connectivity index (χ1n) is 15.3. The first kappa shape index (κ1) is 26.9. The zero-order chi connectivity index (χ0) is 28.8. The number of imidazole rings is 1. The summed E-state index contributed by atoms with van der Waals surface area (Å²) in [4.78, 5) is 25.8. The molecule has 1 saturated carbocycles. The average molecular weight is 569 g/mol. The molecule has 3 aliphatic rings. The molecule has 2 fully saturated rings. The molecule has 7 rings (SSSR count). The fraction of sp³-hybridized carbons (Fsp3) is 0.500. The van der Waals surface area contributed by atoms with Crippen molar-refractivity contribution in [3.8, 4) is 17.1 Å². The average Bonchev–Trinajstić information content (AvgIpc) is 3.68. The number of piperidine rings is 1. The Balaban J connectivity index is 1.27. The Hall–Kier alpha value is -3.92. The highest BCUT2D eigenvalue weighted by atomic mass is 16.5. The van der Waals surface area contributed by atoms with Gasteiger partial charge in [0.1, 0.15) is 0 Å². The number of carbonyl (C=O) groups is 1. The lowest BCUT2D eigenvalue weighted by Crippen LogP contribution is -2.36. The van der Waals surface area contributed by atoms with Crippen LogP contribution in [0.2, 0.25) is 0 Å². The third-order valence-corrected chi connectivity index (χ3v) is 9.10. The fourth-order valence-electron chi connectivity index (χ4n) is 6.56. The zero-order valence-corrected chi connectivity index (χ0v) is 24.8. The van der Waals surface area contributed by atoms with Gasteiger partial charge in [0, 0.05) is 36.6 Å². The molecule has 3 aromatic heterocycles. The van der Waals surface area contributed by atoms with Crippen LogP contribution in [-0.4, -0.2) is 67.9 Å². The second kappa shape index (κ2) is 11.1. The largest absolute Gasteiger partial charge is 0.477 e. The standard InChI is InChI=1S/C32H40N8O2/c1-20-15-23-16-28(34-20)26-18-33-39(3)31(26)42-14-4-5-22(21-6-7-21)19-40-29-17-25(35-24-10-12-38(2)13-11-24)8-9-27(29)36-32(40)37-30(23)41/h8-9,15-18,21-22,24,35H,4-7,10-14,19H2,1-3H3,(H,36,37,41). The lowest BCUT2D eigenvalue weighted by Gasteiger charge is -2.30. The first-order chi connectivity index (χ1) is 20.4. The summed E-state index contributed by atoms with van der Waals surface area (Å²) in [6, 6.07) is 10.5. The van der Waals surface area contributed by atoms with E-state index in [1.54, 1.807) is 10.9 Å². The molecule has 10 heteroatoms. The van der Waals surface area contributed by atoms with E-state index in [2.05, 4.69) is 50.4 Å². The highest BCUT2D eigenvalue weighted by molar-refractivity contribution is 6.05. The predicted octanol–water partition coefficient (Wildman–Crippen LogP) is 5.10. The molecule has 0 spiro atoms. The minimum atomic E-state index is -0.202. The van der Waals surface area contributed by atoms with Gasteiger partial charge in [0.15, 0.2) is 0 Å². The Bertz CT molecular complexity index is 1610. The summed E-state index contributed by atoms with van der Waals surface area (Å²) in [6.07, 6.45) is 8.53. The van der Waals surface area contributed by atoms with Gasteiger partial charge in [-0.25, -0.2) is 9.67 Å². The Morgan fingerprint density at radius 3 is 2.64 bits per heavy atom. The van der Waals surface area contributed by atoms with Crippen LogP contribution >= 0.6 is 0 Å². The molecule has 1 atom stereocenters. The van der Waals surface area contributed by atoms with Crippen LogP contribution in [0.5, 0.6) is 5.88 Å². The van der Waals surface area contributed by atoms with Gasteiger partial charge in [-0.15, -0.1) is 0 Å². The van der Waals surface area contributed by atoms with Gasteiger partial charge in [0.2, 0.25) is 11.8 Å². The Kier molecular flexibility index (Phi) is 7.09. The number of anilines is 2. The monoisotopic (exact) mass is 568 g/mol. The van der Waals surface area contributed by atoms with E-state index in [9.17, 15) is 4.79 Å². The number of pyridine rings is 1. The van der Waals surface area contributed by atoms with Crippen molar-refractivity contribution in [3.63, 3.8) is 0 Å². The second-order valence-electron chi connectivity index (χ2n) is 12.4. The van der Waals surface area contributed by atoms with E-state index in [0.717, 1.165) is 73.3 Å². The van der Waals surface area contributed by atoms with Gasteiger partial charge in [-0.2, -0.15) is 5.10 Å². The Labute approximate surface area is 246 Å². The van der Waals surface area contributed by atoms with Gasteiger partial charge in [0.05, 0.1) is 35.1 Å². The quantitative estimate of drug-likeness (QED) is 0.355. The predicted molar refractivity (Wildman–Crippen MR) is 164 cm³/mol. The van der Waals surface area contributed by atoms with Crippen molar-refractivity contribution in [1.82, 2.24) is 29.2 Å². The van der Waals surface area contributed by atoms with Crippen molar-refractivity contribution in [3.05, 3.63) is 47.8 Å². The minimum absolute atomic E-state index is 0.202. The van der Waals surface area contributed by atoms with Gasteiger partial charge in [-0.3, -0.25) is 15.1 Å². The number of amides is 1. The van der Waals surface area contributed by atoms with E-state index >= 15 is 0 Å². The van der Waals surface area contributed by atoms with Crippen LogP contribution in [0, 0.1) is 18.8 Å². The van der Waals surface area contributed by atoms with Crippen molar-refractivity contribution >= 4 is 28.6 Å². The summed E-state index contributed by atoms with van der Waals surface area (Å²) in [5.41, 5.74) is 5.81. The van der Waals surface area contributed by atoms with Crippen molar-refractivity contribution in [2.45, 2.75) is 58.0 Å². The maximum absolute atomic E-state index is 13.7. The molecular formula is C32H40N8O2. The number of likely N-dealkylation sites (tertiary alicyclic amines) is 1. The van der Waals surface area contributed by atoms with Crippen LogP contribution in [-0.2, 0) is 13.6 Å². The molecule has 1 saturated heterocycles. The van der Waals surface area contributed by atoms with Gasteiger partial charge >= 0.3 is 0 Å². The topological polar surface area (TPSA) is 102 Å². The van der Waals surface area contributed by atoms with Gasteiger partial charge < -0.3 is 19.5 Å². The maximum atomic E-state index is 13.7. The molecule has 4 aromatic rings. The molecule has 1 unspecified atom stereocenters. The van der Waals surface area contributed by atoms with Crippen molar-refractivity contribution in [2.75, 3.05) is 37.4 Å². The summed E-state index contributed by atoms with van der Waals surface area (Å²) in [5, 5.41) is 11.4. The molecule has 0 radical (unpaired) electrons. The van der Waals surface area contributed by atoms with Crippen molar-refractivity contribution in [1.29, 1.82) is 0 Å². The SMILES string of the molecule is Cc1cc2cc(n1)-c1cnn(C)c1OCCCC(C1CC1)Cn1c(nc3ccc(NC4CCN(C)CC4)cc31)NC2=O. The summed E-state index contributed by atoms with van der Waals surface area (Å²) < 4.78 is 10.3. The number of nitrogens with zero attached hydrogens (tertiary/aromatic N) is 6. The lowest BCUT2D eigenvalue weighted by atomic mass is 9.97. The number of rotatable bonds is 3. The van der Waals surface area contributed by atoms with Crippen LogP contribution in [0.4, 0.5) is 11.6 Å².